The van der Waals surface area contributed by atoms with E-state index in [2.05, 4.69) is 9.97 Å². The molecule has 2 N–H and O–H groups in total. The van der Waals surface area contributed by atoms with Crippen molar-refractivity contribution in [1.29, 1.82) is 0 Å². The van der Waals surface area contributed by atoms with Crippen LogP contribution in [0.15, 0.2) is 72.8 Å². The van der Waals surface area contributed by atoms with Crippen molar-refractivity contribution in [3.63, 3.8) is 0 Å². The highest BCUT2D eigenvalue weighted by Gasteiger charge is 2.32. The lowest BCUT2D eigenvalue weighted by molar-refractivity contribution is -0.147. The van der Waals surface area contributed by atoms with E-state index in [0.717, 1.165) is 22.8 Å². The number of likely N-dealkylation sites (tertiary alicyclic amines) is 1. The van der Waals surface area contributed by atoms with Gasteiger partial charge < -0.3 is 14.8 Å². The lowest BCUT2D eigenvalue weighted by Crippen LogP contribution is -2.39. The summed E-state index contributed by atoms with van der Waals surface area (Å²) in [5.41, 5.74) is 3.41. The molecule has 0 atom stereocenters. The van der Waals surface area contributed by atoms with Gasteiger partial charge in [0.1, 0.15) is 17.1 Å². The molecule has 1 aliphatic rings. The molecule has 0 amide bonds. The van der Waals surface area contributed by atoms with E-state index in [1.807, 2.05) is 24.3 Å². The van der Waals surface area contributed by atoms with Crippen LogP contribution >= 0.6 is 0 Å². The zero-order valence-corrected chi connectivity index (χ0v) is 24.1. The van der Waals surface area contributed by atoms with E-state index in [1.165, 1.54) is 11.0 Å². The number of H-pyrrole nitrogens is 1. The fourth-order valence-corrected chi connectivity index (χ4v) is 5.83. The summed E-state index contributed by atoms with van der Waals surface area (Å²) in [6.45, 7) is 1.58. The zero-order chi connectivity index (χ0) is 31.9. The van der Waals surface area contributed by atoms with Crippen LogP contribution in [0.4, 0.5) is 22.0 Å². The van der Waals surface area contributed by atoms with Crippen molar-refractivity contribution >= 4 is 17.0 Å². The molecule has 1 fully saturated rings. The highest BCUT2D eigenvalue weighted by Crippen LogP contribution is 2.35. The maximum absolute atomic E-state index is 15.6. The van der Waals surface area contributed by atoms with Gasteiger partial charge in [0.05, 0.1) is 23.2 Å². The van der Waals surface area contributed by atoms with Gasteiger partial charge in [-0.15, -0.1) is 0 Å². The lowest BCUT2D eigenvalue weighted by atomic mass is 9.88. The highest BCUT2D eigenvalue weighted by molar-refractivity contribution is 5.90. The fourth-order valence-electron chi connectivity index (χ4n) is 5.83. The Bertz CT molecular complexity index is 1860. The van der Waals surface area contributed by atoms with Crippen LogP contribution in [0.2, 0.25) is 0 Å². The van der Waals surface area contributed by atoms with Crippen LogP contribution < -0.4 is 4.74 Å². The number of hydrogen-bond donors (Lipinski definition) is 2. The van der Waals surface area contributed by atoms with Gasteiger partial charge in [-0.05, 0) is 78.7 Å². The van der Waals surface area contributed by atoms with Crippen LogP contribution in [0.3, 0.4) is 0 Å². The molecular weight excluding hydrogens is 593 g/mol. The number of hydrogen-bond acceptors (Lipinski definition) is 4. The van der Waals surface area contributed by atoms with E-state index in [-0.39, 0.29) is 39.8 Å². The Morgan fingerprint density at radius 3 is 2.20 bits per heavy atom. The van der Waals surface area contributed by atoms with E-state index in [1.54, 1.807) is 43.3 Å². The SMILES string of the molecule is Cc1ccc(Oc2nc3c(F)c(-c4ccc(-c5ccc(C6CCN(CC(F)(F)F)CC6)cc5)cc4)c(F)cc3[nH]2)cc1C(=O)O. The minimum Gasteiger partial charge on any atom is -0.478 e. The average molecular weight is 622 g/mol. The highest BCUT2D eigenvalue weighted by atomic mass is 19.4. The van der Waals surface area contributed by atoms with Crippen molar-refractivity contribution in [2.45, 2.75) is 31.9 Å². The number of carbonyl (C=O) groups is 1. The number of carboxylic acid groups (broad SMARTS) is 1. The lowest BCUT2D eigenvalue weighted by Gasteiger charge is -2.32. The summed E-state index contributed by atoms with van der Waals surface area (Å²) in [7, 11) is 0. The van der Waals surface area contributed by atoms with Crippen LogP contribution in [-0.4, -0.2) is 51.8 Å². The molecule has 0 saturated carbocycles. The van der Waals surface area contributed by atoms with Gasteiger partial charge in [0.2, 0.25) is 0 Å². The van der Waals surface area contributed by atoms with E-state index >= 15 is 8.78 Å². The molecule has 0 unspecified atom stereocenters. The van der Waals surface area contributed by atoms with Gasteiger partial charge in [-0.3, -0.25) is 4.90 Å². The number of carboxylic acids is 1. The number of aryl methyl sites for hydroxylation is 1. The fraction of sp³-hybridized carbons (Fsp3) is 0.235. The maximum atomic E-state index is 15.6. The second kappa shape index (κ2) is 12.0. The Labute approximate surface area is 255 Å². The number of aromatic nitrogens is 2. The molecule has 4 aromatic carbocycles. The number of fused-ring (bicyclic) bond motifs is 1. The van der Waals surface area contributed by atoms with Crippen LogP contribution in [0.5, 0.6) is 11.8 Å². The first-order valence-corrected chi connectivity index (χ1v) is 14.3. The van der Waals surface area contributed by atoms with Crippen molar-refractivity contribution < 1.29 is 36.6 Å². The number of piperidine rings is 1. The first kappa shape index (κ1) is 30.3. The van der Waals surface area contributed by atoms with Gasteiger partial charge in [0, 0.05) is 6.07 Å². The number of imidazole rings is 1. The minimum atomic E-state index is -4.19. The summed E-state index contributed by atoms with van der Waals surface area (Å²) < 4.78 is 74.5. The smallest absolute Gasteiger partial charge is 0.401 e. The van der Waals surface area contributed by atoms with Crippen LogP contribution in [0.25, 0.3) is 33.3 Å². The molecular formula is C34H28F5N3O3. The third-order valence-electron chi connectivity index (χ3n) is 8.18. The molecule has 1 aliphatic heterocycles. The third kappa shape index (κ3) is 6.53. The average Bonchev–Trinajstić information content (AvgIpc) is 3.40. The number of rotatable bonds is 7. The van der Waals surface area contributed by atoms with Crippen molar-refractivity contribution in [3.05, 3.63) is 101 Å². The quantitative estimate of drug-likeness (QED) is 0.178. The summed E-state index contributed by atoms with van der Waals surface area (Å²) in [4.78, 5) is 19.8. The minimum absolute atomic E-state index is 0.0473. The predicted octanol–water partition coefficient (Wildman–Crippen LogP) is 8.72. The molecule has 232 valence electrons. The zero-order valence-electron chi connectivity index (χ0n) is 24.1. The topological polar surface area (TPSA) is 78.5 Å². The van der Waals surface area contributed by atoms with Gasteiger partial charge in [-0.2, -0.15) is 18.2 Å². The number of nitrogens with one attached hydrogen (secondary N) is 1. The third-order valence-corrected chi connectivity index (χ3v) is 8.18. The molecule has 1 saturated heterocycles. The number of aromatic carboxylic acids is 1. The summed E-state index contributed by atoms with van der Waals surface area (Å²) >= 11 is 0. The van der Waals surface area contributed by atoms with Gasteiger partial charge in [-0.1, -0.05) is 54.6 Å². The first-order valence-electron chi connectivity index (χ1n) is 14.3. The van der Waals surface area contributed by atoms with E-state index < -0.39 is 30.3 Å². The predicted molar refractivity (Wildman–Crippen MR) is 160 cm³/mol. The molecule has 45 heavy (non-hydrogen) atoms. The summed E-state index contributed by atoms with van der Waals surface area (Å²) in [6, 6.07) is 20.1. The van der Waals surface area contributed by atoms with Gasteiger partial charge >= 0.3 is 12.1 Å². The molecule has 0 bridgehead atoms. The van der Waals surface area contributed by atoms with Crippen LogP contribution in [0, 0.1) is 18.6 Å². The number of ether oxygens (including phenoxy) is 1. The summed E-state index contributed by atoms with van der Waals surface area (Å²) in [5, 5.41) is 9.35. The molecule has 0 radical (unpaired) electrons. The van der Waals surface area contributed by atoms with Crippen LogP contribution in [-0.2, 0) is 0 Å². The number of halogens is 5. The maximum Gasteiger partial charge on any atom is 0.401 e. The van der Waals surface area contributed by atoms with E-state index in [4.69, 9.17) is 4.74 Å². The van der Waals surface area contributed by atoms with Crippen molar-refractivity contribution in [2.24, 2.45) is 0 Å². The van der Waals surface area contributed by atoms with Crippen molar-refractivity contribution in [3.8, 4) is 34.0 Å². The second-order valence-corrected chi connectivity index (χ2v) is 11.2. The Kier molecular flexibility index (Phi) is 8.05. The van der Waals surface area contributed by atoms with Gasteiger partial charge in [-0.25, -0.2) is 13.6 Å². The van der Waals surface area contributed by atoms with Gasteiger partial charge in [0.15, 0.2) is 5.82 Å². The Morgan fingerprint density at radius 1 is 0.956 bits per heavy atom. The summed E-state index contributed by atoms with van der Waals surface area (Å²) in [6.07, 6.45) is -2.87. The van der Waals surface area contributed by atoms with Crippen molar-refractivity contribution in [2.75, 3.05) is 19.6 Å². The molecule has 2 heterocycles. The standard InChI is InChI=1S/C34H28F5N3O3/c1-19-2-11-25(16-26(19)32(43)44)45-33-40-28-17-27(35)29(30(36)31(28)41-33)24-9-7-21(8-10-24)20-3-5-22(6-4-20)23-12-14-42(15-13-23)18-34(37,38)39/h2-11,16-17,23H,12-15,18H2,1H3,(H,40,41)(H,43,44). The second-order valence-electron chi connectivity index (χ2n) is 11.2. The van der Waals surface area contributed by atoms with E-state index in [9.17, 15) is 23.1 Å². The largest absolute Gasteiger partial charge is 0.478 e. The summed E-state index contributed by atoms with van der Waals surface area (Å²) in [5.74, 6) is -2.42. The Balaban J connectivity index is 1.17. The number of nitrogens with zero attached hydrogens (tertiary/aromatic N) is 2. The molecule has 11 heteroatoms. The normalized spacial score (nSPS) is 14.6. The van der Waals surface area contributed by atoms with Gasteiger partial charge in [0.25, 0.3) is 6.01 Å². The Morgan fingerprint density at radius 2 is 1.58 bits per heavy atom. The molecule has 6 rings (SSSR count). The Hall–Kier alpha value is -4.77. The monoisotopic (exact) mass is 621 g/mol. The van der Waals surface area contributed by atoms with E-state index in [0.29, 0.717) is 37.1 Å². The van der Waals surface area contributed by atoms with Crippen LogP contribution in [0.1, 0.15) is 40.2 Å². The molecule has 1 aromatic heterocycles. The number of benzene rings is 4. The molecule has 6 nitrogen and oxygen atoms in total. The molecule has 0 aliphatic carbocycles. The number of aromatic amines is 1. The molecule has 5 aromatic rings. The first-order chi connectivity index (χ1) is 21.4. The molecule has 0 spiro atoms. The van der Waals surface area contributed by atoms with Crippen molar-refractivity contribution in [1.82, 2.24) is 14.9 Å². The number of alkyl halides is 3.